The number of fused-ring (bicyclic) bond motifs is 2. The van der Waals surface area contributed by atoms with E-state index in [9.17, 15) is 4.79 Å². The number of carbonyl (C=O) groups is 1. The number of hydrogen-bond donors (Lipinski definition) is 1. The third kappa shape index (κ3) is 2.33. The molecule has 7 heteroatoms. The molecule has 1 atom stereocenters. The van der Waals surface area contributed by atoms with Crippen LogP contribution in [0.3, 0.4) is 0 Å². The Balaban J connectivity index is 1.39. The molecule has 2 aromatic rings. The quantitative estimate of drug-likeness (QED) is 0.931. The number of rotatable bonds is 3. The molecular formula is C15H15ClN4O2. The molecule has 1 aromatic carbocycles. The van der Waals surface area contributed by atoms with Crippen LogP contribution >= 0.6 is 11.6 Å². The topological polar surface area (TPSA) is 69.0 Å². The molecule has 0 bridgehead atoms. The number of nitrogens with zero attached hydrogens (tertiary/aromatic N) is 3. The van der Waals surface area contributed by atoms with Crippen LogP contribution in [0.25, 0.3) is 0 Å². The van der Waals surface area contributed by atoms with Gasteiger partial charge in [0.05, 0.1) is 6.54 Å². The fourth-order valence-corrected chi connectivity index (χ4v) is 3.18. The summed E-state index contributed by atoms with van der Waals surface area (Å²) in [6.07, 6.45) is 2.09. The highest BCUT2D eigenvalue weighted by atomic mass is 35.5. The Bertz CT molecular complexity index is 743. The van der Waals surface area contributed by atoms with Gasteiger partial charge in [0.1, 0.15) is 11.6 Å². The first kappa shape index (κ1) is 13.6. The summed E-state index contributed by atoms with van der Waals surface area (Å²) in [6, 6.07) is 5.41. The third-order valence-corrected chi connectivity index (χ3v) is 4.33. The molecule has 1 aromatic heterocycles. The zero-order valence-electron chi connectivity index (χ0n) is 11.9. The Morgan fingerprint density at radius 1 is 1.45 bits per heavy atom. The molecule has 0 aliphatic carbocycles. The molecule has 0 radical (unpaired) electrons. The van der Waals surface area contributed by atoms with Crippen molar-refractivity contribution >= 4 is 17.5 Å². The van der Waals surface area contributed by atoms with Crippen molar-refractivity contribution in [2.75, 3.05) is 0 Å². The highest BCUT2D eigenvalue weighted by Crippen LogP contribution is 2.31. The summed E-state index contributed by atoms with van der Waals surface area (Å²) in [6.45, 7) is 1.31. The van der Waals surface area contributed by atoms with Gasteiger partial charge in [-0.2, -0.15) is 0 Å². The second kappa shape index (κ2) is 5.28. The molecule has 2 aliphatic heterocycles. The number of ether oxygens (including phenoxy) is 1. The summed E-state index contributed by atoms with van der Waals surface area (Å²) in [5.74, 6) is 2.40. The van der Waals surface area contributed by atoms with Crippen LogP contribution in [-0.4, -0.2) is 26.8 Å². The highest BCUT2D eigenvalue weighted by molar-refractivity contribution is 6.30. The van der Waals surface area contributed by atoms with Crippen molar-refractivity contribution in [1.82, 2.24) is 20.1 Å². The first-order valence-electron chi connectivity index (χ1n) is 7.34. The van der Waals surface area contributed by atoms with Crippen molar-refractivity contribution < 1.29 is 9.53 Å². The van der Waals surface area contributed by atoms with Crippen molar-refractivity contribution in [1.29, 1.82) is 0 Å². The number of benzene rings is 1. The molecular weight excluding hydrogens is 304 g/mol. The maximum Gasteiger partial charge on any atom is 0.261 e. The van der Waals surface area contributed by atoms with Crippen molar-refractivity contribution in [3.63, 3.8) is 0 Å². The van der Waals surface area contributed by atoms with Gasteiger partial charge in [-0.15, -0.1) is 10.2 Å². The summed E-state index contributed by atoms with van der Waals surface area (Å²) in [4.78, 5) is 12.3. The summed E-state index contributed by atoms with van der Waals surface area (Å²) < 4.78 is 7.75. The predicted octanol–water partition coefficient (Wildman–Crippen LogP) is 1.50. The van der Waals surface area contributed by atoms with E-state index < -0.39 is 6.10 Å². The molecule has 1 amide bonds. The predicted molar refractivity (Wildman–Crippen MR) is 79.8 cm³/mol. The number of halogens is 1. The zero-order chi connectivity index (χ0) is 15.1. The van der Waals surface area contributed by atoms with Gasteiger partial charge in [-0.3, -0.25) is 4.79 Å². The molecule has 0 unspecified atom stereocenters. The third-order valence-electron chi connectivity index (χ3n) is 4.10. The van der Waals surface area contributed by atoms with E-state index in [0.29, 0.717) is 18.0 Å². The molecule has 3 heterocycles. The summed E-state index contributed by atoms with van der Waals surface area (Å²) in [5, 5.41) is 11.8. The highest BCUT2D eigenvalue weighted by Gasteiger charge is 2.29. The standard InChI is InChI=1S/C15H15ClN4O2/c16-10-3-4-11-9(6-10)7-12(22-11)15(21)17-8-14-19-18-13-2-1-5-20(13)14/h3-4,6,12H,1-2,5,7-8H2,(H,17,21)/t12-/m1/s1. The molecule has 2 aliphatic rings. The van der Waals surface area contributed by atoms with E-state index in [1.54, 1.807) is 12.1 Å². The van der Waals surface area contributed by atoms with Gasteiger partial charge in [0.15, 0.2) is 11.9 Å². The second-order valence-corrected chi connectivity index (χ2v) is 6.00. The van der Waals surface area contributed by atoms with E-state index in [2.05, 4.69) is 20.1 Å². The van der Waals surface area contributed by atoms with E-state index in [0.717, 1.165) is 42.3 Å². The van der Waals surface area contributed by atoms with E-state index in [4.69, 9.17) is 16.3 Å². The first-order chi connectivity index (χ1) is 10.7. The average Bonchev–Trinajstić information content (AvgIpc) is 3.19. The van der Waals surface area contributed by atoms with E-state index in [-0.39, 0.29) is 5.91 Å². The Kier molecular flexibility index (Phi) is 3.26. The molecule has 114 valence electrons. The van der Waals surface area contributed by atoms with Gasteiger partial charge in [-0.1, -0.05) is 11.6 Å². The number of nitrogens with one attached hydrogen (secondary N) is 1. The molecule has 6 nitrogen and oxygen atoms in total. The Morgan fingerprint density at radius 2 is 2.36 bits per heavy atom. The first-order valence-corrected chi connectivity index (χ1v) is 7.72. The Labute approximate surface area is 132 Å². The van der Waals surface area contributed by atoms with Crippen LogP contribution in [0.15, 0.2) is 18.2 Å². The number of carbonyl (C=O) groups excluding carboxylic acids is 1. The lowest BCUT2D eigenvalue weighted by molar-refractivity contribution is -0.127. The molecule has 0 spiro atoms. The number of hydrogen-bond acceptors (Lipinski definition) is 4. The summed E-state index contributed by atoms with van der Waals surface area (Å²) in [5.41, 5.74) is 0.969. The van der Waals surface area contributed by atoms with Crippen LogP contribution in [0.4, 0.5) is 0 Å². The van der Waals surface area contributed by atoms with Gasteiger partial charge in [0.2, 0.25) is 0 Å². The van der Waals surface area contributed by atoms with Crippen molar-refractivity contribution in [2.24, 2.45) is 0 Å². The largest absolute Gasteiger partial charge is 0.480 e. The normalized spacial score (nSPS) is 18.7. The van der Waals surface area contributed by atoms with Crippen LogP contribution in [0.5, 0.6) is 5.75 Å². The molecule has 4 rings (SSSR count). The summed E-state index contributed by atoms with van der Waals surface area (Å²) in [7, 11) is 0. The van der Waals surface area contributed by atoms with E-state index in [1.807, 2.05) is 6.07 Å². The van der Waals surface area contributed by atoms with Gasteiger partial charge < -0.3 is 14.6 Å². The van der Waals surface area contributed by atoms with E-state index in [1.165, 1.54) is 0 Å². The Morgan fingerprint density at radius 3 is 3.27 bits per heavy atom. The monoisotopic (exact) mass is 318 g/mol. The maximum absolute atomic E-state index is 12.3. The number of aromatic nitrogens is 3. The molecule has 22 heavy (non-hydrogen) atoms. The van der Waals surface area contributed by atoms with Gasteiger partial charge >= 0.3 is 0 Å². The van der Waals surface area contributed by atoms with Crippen LogP contribution < -0.4 is 10.1 Å². The van der Waals surface area contributed by atoms with Crippen LogP contribution in [0.2, 0.25) is 5.02 Å². The van der Waals surface area contributed by atoms with Crippen molar-refractivity contribution in [3.8, 4) is 5.75 Å². The fourth-order valence-electron chi connectivity index (χ4n) is 2.98. The second-order valence-electron chi connectivity index (χ2n) is 5.57. The van der Waals surface area contributed by atoms with Gasteiger partial charge in [0, 0.05) is 24.4 Å². The van der Waals surface area contributed by atoms with Crippen molar-refractivity contribution in [3.05, 3.63) is 40.4 Å². The number of aryl methyl sites for hydroxylation is 1. The SMILES string of the molecule is O=C(NCc1nnc2n1CCC2)[C@H]1Cc2cc(Cl)ccc2O1. The lowest BCUT2D eigenvalue weighted by Gasteiger charge is -2.11. The smallest absolute Gasteiger partial charge is 0.261 e. The Hall–Kier alpha value is -2.08. The van der Waals surface area contributed by atoms with Crippen molar-refractivity contribution in [2.45, 2.75) is 38.5 Å². The van der Waals surface area contributed by atoms with E-state index >= 15 is 0 Å². The van der Waals surface area contributed by atoms with Crippen LogP contribution in [0.1, 0.15) is 23.6 Å². The lowest BCUT2D eigenvalue weighted by Crippen LogP contribution is -2.37. The van der Waals surface area contributed by atoms with Gasteiger partial charge in [-0.05, 0) is 30.2 Å². The molecule has 1 N–H and O–H groups in total. The minimum Gasteiger partial charge on any atom is -0.480 e. The minimum absolute atomic E-state index is 0.136. The summed E-state index contributed by atoms with van der Waals surface area (Å²) >= 11 is 5.96. The number of amides is 1. The average molecular weight is 319 g/mol. The molecule has 0 fully saturated rings. The van der Waals surface area contributed by atoms with Crippen LogP contribution in [0, 0.1) is 0 Å². The zero-order valence-corrected chi connectivity index (χ0v) is 12.6. The minimum atomic E-state index is -0.505. The van der Waals surface area contributed by atoms with Gasteiger partial charge in [-0.25, -0.2) is 0 Å². The lowest BCUT2D eigenvalue weighted by atomic mass is 10.1. The maximum atomic E-state index is 12.3. The molecule has 0 saturated carbocycles. The fraction of sp³-hybridized carbons (Fsp3) is 0.400. The van der Waals surface area contributed by atoms with Gasteiger partial charge in [0.25, 0.3) is 5.91 Å². The molecule has 0 saturated heterocycles. The van der Waals surface area contributed by atoms with Crippen LogP contribution in [-0.2, 0) is 30.7 Å².